The van der Waals surface area contributed by atoms with E-state index in [1.165, 1.54) is 245 Å². The van der Waals surface area contributed by atoms with E-state index in [1.54, 1.807) is 0 Å². The first-order valence-electron chi connectivity index (χ1n) is 43.7. The van der Waals surface area contributed by atoms with Crippen molar-refractivity contribution in [2.75, 3.05) is 16.0 Å². The summed E-state index contributed by atoms with van der Waals surface area (Å²) in [6, 6.07) is 174. The minimum atomic E-state index is -0.739. The highest BCUT2D eigenvalue weighted by Gasteiger charge is 2.52. The van der Waals surface area contributed by atoms with Gasteiger partial charge in [0.15, 0.2) is 0 Å². The van der Waals surface area contributed by atoms with Crippen molar-refractivity contribution >= 4 is 69.6 Å². The maximum Gasteiger partial charge on any atom is 0.0967 e. The minimum absolute atomic E-state index is 0.194. The van der Waals surface area contributed by atoms with Crippen molar-refractivity contribution in [2.24, 2.45) is 0 Å². The smallest absolute Gasteiger partial charge is 0.0967 e. The average molecular weight is 1780 g/mol. The van der Waals surface area contributed by atoms with E-state index >= 15 is 0 Å². The molecule has 0 atom stereocenters. The first kappa shape index (κ1) is 83.1. The number of halogens is 6. The molecule has 36 aliphatic carbocycles. The summed E-state index contributed by atoms with van der Waals surface area (Å²) in [7, 11) is 0. The van der Waals surface area contributed by atoms with Gasteiger partial charge in [0.2, 0.25) is 0 Å². The van der Waals surface area contributed by atoms with Gasteiger partial charge in [0.05, 0.1) is 21.4 Å². The summed E-state index contributed by atoms with van der Waals surface area (Å²) in [5.74, 6) is 0. The summed E-state index contributed by atoms with van der Waals surface area (Å²) in [6.07, 6.45) is 0. The van der Waals surface area contributed by atoms with Crippen molar-refractivity contribution in [1.82, 2.24) is 0 Å². The Kier molecular flexibility index (Phi) is 23.2. The van der Waals surface area contributed by atoms with Crippen LogP contribution < -0.4 is 0 Å². The molecule has 20 aromatic rings. The van der Waals surface area contributed by atoms with Gasteiger partial charge in [-0.25, -0.2) is 0 Å². The molecule has 0 amide bonds. The molecule has 0 saturated carbocycles. The van der Waals surface area contributed by atoms with Crippen molar-refractivity contribution in [1.29, 1.82) is 0 Å². The van der Waals surface area contributed by atoms with E-state index < -0.39 is 5.41 Å². The molecule has 6 heteroatoms. The number of fused-ring (bicyclic) bond motifs is 4. The maximum atomic E-state index is 4.76. The molecule has 56 rings (SSSR count). The zero-order valence-electron chi connectivity index (χ0n) is 70.8. The van der Waals surface area contributed by atoms with Gasteiger partial charge < -0.3 is 0 Å². The van der Waals surface area contributed by atoms with Crippen molar-refractivity contribution < 1.29 is 0 Å². The molecule has 0 heterocycles. The molecule has 0 saturated heterocycles. The highest BCUT2D eigenvalue weighted by atomic mass is 35.5. The van der Waals surface area contributed by atoms with Gasteiger partial charge >= 0.3 is 0 Å². The first-order chi connectivity index (χ1) is 64.1. The molecular formula is C124H82Cl6. The maximum absolute atomic E-state index is 4.76. The van der Waals surface area contributed by atoms with Gasteiger partial charge in [-0.3, -0.25) is 0 Å². The van der Waals surface area contributed by atoms with Crippen LogP contribution in [0.15, 0.2) is 461 Å². The minimum Gasteiger partial charge on any atom is -0.109 e. The van der Waals surface area contributed by atoms with E-state index in [9.17, 15) is 0 Å². The lowest BCUT2D eigenvalue weighted by Crippen LogP contribution is -2.26. The second-order valence-corrected chi connectivity index (χ2v) is 35.8. The summed E-state index contributed by atoms with van der Waals surface area (Å²) in [4.78, 5) is 0. The van der Waals surface area contributed by atoms with Crippen LogP contribution in [0.4, 0.5) is 0 Å². The molecule has 620 valence electrons. The molecule has 0 radical (unpaired) electrons. The van der Waals surface area contributed by atoms with Gasteiger partial charge in [0.1, 0.15) is 0 Å². The molecule has 0 aliphatic heterocycles. The normalized spacial score (nSPS) is 11.9. The van der Waals surface area contributed by atoms with Crippen molar-refractivity contribution in [3.63, 3.8) is 0 Å². The Morgan fingerprint density at radius 1 is 0.100 bits per heavy atom. The first-order valence-corrected chi connectivity index (χ1v) is 46.9. The van der Waals surface area contributed by atoms with Gasteiger partial charge in [-0.1, -0.05) is 437 Å². The van der Waals surface area contributed by atoms with E-state index in [-0.39, 0.29) is 16.0 Å². The molecule has 0 fully saturated rings. The largest absolute Gasteiger partial charge is 0.109 e. The van der Waals surface area contributed by atoms with Crippen molar-refractivity contribution in [3.8, 4) is 223 Å². The van der Waals surface area contributed by atoms with Crippen LogP contribution in [-0.4, -0.2) is 16.0 Å². The van der Waals surface area contributed by atoms with E-state index in [0.717, 1.165) is 0 Å². The number of benzene rings is 20. The fourth-order valence-electron chi connectivity index (χ4n) is 19.6. The van der Waals surface area contributed by atoms with Crippen LogP contribution in [0.25, 0.3) is 223 Å². The van der Waals surface area contributed by atoms with Gasteiger partial charge in [-0.2, -0.15) is 0 Å². The molecule has 0 N–H and O–H groups in total. The number of rotatable bonds is 0. The molecular weight excluding hydrogens is 1700 g/mol. The van der Waals surface area contributed by atoms with Crippen LogP contribution in [-0.2, 0) is 5.41 Å². The number of hydrogen-bond acceptors (Lipinski definition) is 0. The zero-order valence-corrected chi connectivity index (χ0v) is 75.3. The predicted molar refractivity (Wildman–Crippen MR) is 557 cm³/mol. The lowest BCUT2D eigenvalue weighted by atomic mass is 9.69. The second kappa shape index (κ2) is 36.4. The third kappa shape index (κ3) is 16.0. The van der Waals surface area contributed by atoms with E-state index in [1.807, 2.05) is 0 Å². The molecule has 130 heavy (non-hydrogen) atoms. The van der Waals surface area contributed by atoms with Gasteiger partial charge in [0.25, 0.3) is 0 Å². The summed E-state index contributed by atoms with van der Waals surface area (Å²) in [6.45, 7) is 0. The van der Waals surface area contributed by atoms with Crippen molar-refractivity contribution in [3.05, 3.63) is 483 Å². The summed E-state index contributed by atoms with van der Waals surface area (Å²) in [5.41, 5.74) is 52.1. The van der Waals surface area contributed by atoms with E-state index in [4.69, 9.17) is 69.6 Å². The molecule has 40 bridgehead atoms. The molecule has 1 spiro atoms. The van der Waals surface area contributed by atoms with Gasteiger partial charge in [-0.05, 0) is 269 Å². The van der Waals surface area contributed by atoms with Crippen LogP contribution in [0, 0.1) is 0 Å². The SMILES string of the molecule is ClCCl.ClCCl.ClCCl.c1cc2ccc1-c1ccc(cc1)-c1ccc(cc1)-c1ccc(cc1)-c1ccc(cc1)-c1ccc3c(c1)C14c5cc(ccc5-c5ccc(cc51)-c1ccc(cc1)-c1ccc(cc1)-c1ccc(cc1)-c1ccc(cc1)-c1ccc(cc1)-c1ccc(cc1)-c1ccc(cc1)-c1ccc(cc1)-c1ccc-3c4c1)-c1ccc(cc1)-c1ccc(cc1)-c1ccc-2cc1. The van der Waals surface area contributed by atoms with Crippen molar-refractivity contribution in [2.45, 2.75) is 5.41 Å². The topological polar surface area (TPSA) is 0 Å². The lowest BCUT2D eigenvalue weighted by molar-refractivity contribution is 0.795. The monoisotopic (exact) mass is 1780 g/mol. The Morgan fingerprint density at radius 2 is 0.162 bits per heavy atom. The zero-order chi connectivity index (χ0) is 87.8. The Labute approximate surface area is 790 Å². The van der Waals surface area contributed by atoms with Gasteiger partial charge in [-0.15, -0.1) is 69.6 Å². The fourth-order valence-corrected chi connectivity index (χ4v) is 19.6. The second-order valence-electron chi connectivity index (χ2n) is 33.3. The average Bonchev–Trinajstić information content (AvgIpc) is 1.50. The molecule has 36 aliphatic rings. The van der Waals surface area contributed by atoms with Crippen LogP contribution in [0.5, 0.6) is 0 Å². The summed E-state index contributed by atoms with van der Waals surface area (Å²) < 4.78 is 0. The Morgan fingerprint density at radius 3 is 0.238 bits per heavy atom. The third-order valence-corrected chi connectivity index (χ3v) is 26.4. The highest BCUT2D eigenvalue weighted by Crippen LogP contribution is 2.65. The standard InChI is InChI=1S/C121H76.3CH2Cl2/c1-9-81-10-2-77(1)78-3-11-82(12-4-78)86-19-27-90(28-20-86)94-35-43-98(44-36-94)102-51-59-106(60-52-102)110-66-70-115-116-72-68-112-76-120(116)121(118(115)74-110)117-73-109(105-57-49-101(50-58-105)97-41-33-93(34-42-97)89-25-17-85(81)18-26-89)65-69-113(117)114-71-67-111(75-119(114)121)107-61-53-103(54-62-107)99-45-37-95(38-46-99)91-29-21-87(22-30-91)83-13-5-79(6-14-83)80-7-15-84(16-8-80)88-23-31-92(32-24-88)96-39-47-100(48-40-96)104-55-63-108(112)64-56-104;3*2-1-3/h1-76H;3*1H2. The van der Waals surface area contributed by atoms with Gasteiger partial charge in [0, 0.05) is 0 Å². The Balaban J connectivity index is 0.00000109. The molecule has 20 aromatic carbocycles. The van der Waals surface area contributed by atoms with E-state index in [0.29, 0.717) is 0 Å². The quantitative estimate of drug-likeness (QED) is 0.133. The van der Waals surface area contributed by atoms with Crippen LogP contribution in [0.3, 0.4) is 0 Å². The predicted octanol–water partition coefficient (Wildman–Crippen LogP) is 36.9. The van der Waals surface area contributed by atoms with Crippen LogP contribution >= 0.6 is 69.6 Å². The van der Waals surface area contributed by atoms with Crippen LogP contribution in [0.2, 0.25) is 0 Å². The summed E-state index contributed by atoms with van der Waals surface area (Å²) in [5, 5.41) is 0.583. The Bertz CT molecular complexity index is 6570. The summed E-state index contributed by atoms with van der Waals surface area (Å²) >= 11 is 28.6. The number of hydrogen-bond donors (Lipinski definition) is 0. The molecule has 0 unspecified atom stereocenters. The highest BCUT2D eigenvalue weighted by molar-refractivity contribution is 6.41. The Hall–Kier alpha value is -13.9. The lowest BCUT2D eigenvalue weighted by Gasteiger charge is -2.32. The molecule has 0 nitrogen and oxygen atoms in total. The van der Waals surface area contributed by atoms with E-state index in [2.05, 4.69) is 461 Å². The van der Waals surface area contributed by atoms with Crippen LogP contribution in [0.1, 0.15) is 22.3 Å². The number of alkyl halides is 6. The third-order valence-electron chi connectivity index (χ3n) is 26.4. The fraction of sp³-hybridized carbons (Fsp3) is 0.0323. The molecule has 0 aromatic heterocycles.